The maximum absolute atomic E-state index is 13.5. The van der Waals surface area contributed by atoms with Gasteiger partial charge in [0, 0.05) is 24.2 Å². The Morgan fingerprint density at radius 1 is 0.974 bits per heavy atom. The molecule has 0 saturated carbocycles. The molecule has 4 rings (SSSR count). The van der Waals surface area contributed by atoms with Crippen LogP contribution in [0.2, 0.25) is 0 Å². The van der Waals surface area contributed by atoms with Gasteiger partial charge >= 0.3 is 0 Å². The van der Waals surface area contributed by atoms with E-state index in [2.05, 4.69) is 5.32 Å². The Bertz CT molecular complexity index is 1430. The fraction of sp³-hybridized carbons (Fsp3) is 0.276. The molecule has 4 N–H and O–H groups in total. The molecular formula is C29H33N3O5S. The molecule has 1 aromatic heterocycles. The number of anilines is 1. The van der Waals surface area contributed by atoms with Gasteiger partial charge < -0.3 is 20.6 Å². The zero-order chi connectivity index (χ0) is 27.3. The summed E-state index contributed by atoms with van der Waals surface area (Å²) in [6.45, 7) is 3.80. The van der Waals surface area contributed by atoms with Crippen LogP contribution in [0.15, 0.2) is 94.2 Å². The number of nitrogen functional groups attached to an aromatic ring is 1. The van der Waals surface area contributed by atoms with Crippen LogP contribution in [-0.2, 0) is 16.4 Å². The molecule has 0 aliphatic carbocycles. The van der Waals surface area contributed by atoms with Crippen molar-refractivity contribution in [2.75, 3.05) is 18.8 Å². The number of benzene rings is 3. The summed E-state index contributed by atoms with van der Waals surface area (Å²) in [4.78, 5) is 13.3. The lowest BCUT2D eigenvalue weighted by molar-refractivity contribution is 0.0756. The molecule has 4 aromatic rings. The van der Waals surface area contributed by atoms with Gasteiger partial charge in [-0.2, -0.15) is 4.31 Å². The predicted molar refractivity (Wildman–Crippen MR) is 148 cm³/mol. The number of hydrogen-bond donors (Lipinski definition) is 3. The number of aliphatic hydroxyl groups is 1. The highest BCUT2D eigenvalue weighted by molar-refractivity contribution is 7.89. The Balaban J connectivity index is 1.60. The van der Waals surface area contributed by atoms with Crippen LogP contribution in [0, 0.1) is 5.92 Å². The van der Waals surface area contributed by atoms with Crippen LogP contribution in [0.3, 0.4) is 0 Å². The van der Waals surface area contributed by atoms with E-state index in [1.54, 1.807) is 12.1 Å². The van der Waals surface area contributed by atoms with Crippen LogP contribution < -0.4 is 11.1 Å². The smallest absolute Gasteiger partial charge is 0.287 e. The van der Waals surface area contributed by atoms with Gasteiger partial charge in [0.25, 0.3) is 5.91 Å². The Kier molecular flexibility index (Phi) is 8.51. The van der Waals surface area contributed by atoms with Crippen molar-refractivity contribution in [1.82, 2.24) is 9.62 Å². The average Bonchev–Trinajstić information content (AvgIpc) is 3.33. The second kappa shape index (κ2) is 11.8. The number of hydrogen-bond acceptors (Lipinski definition) is 6. The second-order valence-corrected chi connectivity index (χ2v) is 11.7. The summed E-state index contributed by atoms with van der Waals surface area (Å²) >= 11 is 0. The van der Waals surface area contributed by atoms with E-state index < -0.39 is 28.1 Å². The largest absolute Gasteiger partial charge is 0.451 e. The first-order valence-corrected chi connectivity index (χ1v) is 13.9. The third kappa shape index (κ3) is 6.61. The van der Waals surface area contributed by atoms with Gasteiger partial charge in [-0.3, -0.25) is 4.79 Å². The van der Waals surface area contributed by atoms with E-state index in [9.17, 15) is 18.3 Å². The number of para-hydroxylation sites is 1. The molecule has 0 unspecified atom stereocenters. The van der Waals surface area contributed by atoms with Crippen molar-refractivity contribution in [3.8, 4) is 0 Å². The first kappa shape index (κ1) is 27.4. The normalized spacial score (nSPS) is 13.6. The maximum Gasteiger partial charge on any atom is 0.287 e. The number of aliphatic hydroxyl groups excluding tert-OH is 1. The summed E-state index contributed by atoms with van der Waals surface area (Å²) in [5.74, 6) is -0.369. The lowest BCUT2D eigenvalue weighted by Gasteiger charge is -2.30. The van der Waals surface area contributed by atoms with Gasteiger partial charge in [0.15, 0.2) is 5.76 Å². The van der Waals surface area contributed by atoms with Crippen LogP contribution in [0.5, 0.6) is 0 Å². The molecule has 38 heavy (non-hydrogen) atoms. The number of furan rings is 1. The van der Waals surface area contributed by atoms with Gasteiger partial charge in [-0.1, -0.05) is 62.4 Å². The van der Waals surface area contributed by atoms with Crippen molar-refractivity contribution in [3.63, 3.8) is 0 Å². The fourth-order valence-electron chi connectivity index (χ4n) is 4.29. The van der Waals surface area contributed by atoms with E-state index in [4.69, 9.17) is 10.2 Å². The Hall–Kier alpha value is -3.66. The van der Waals surface area contributed by atoms with E-state index in [-0.39, 0.29) is 29.7 Å². The number of sulfonamides is 1. The number of nitrogens with two attached hydrogens (primary N) is 1. The topological polar surface area (TPSA) is 126 Å². The second-order valence-electron chi connectivity index (χ2n) is 9.77. The van der Waals surface area contributed by atoms with Crippen molar-refractivity contribution in [2.24, 2.45) is 5.92 Å². The first-order chi connectivity index (χ1) is 18.1. The molecule has 2 atom stereocenters. The Morgan fingerprint density at radius 2 is 1.63 bits per heavy atom. The molecule has 3 aromatic carbocycles. The fourth-order valence-corrected chi connectivity index (χ4v) is 5.91. The van der Waals surface area contributed by atoms with Crippen LogP contribution in [0.25, 0.3) is 11.0 Å². The summed E-state index contributed by atoms with van der Waals surface area (Å²) in [7, 11) is -3.93. The number of carbonyl (C=O) groups excluding carboxylic acids is 1. The zero-order valence-electron chi connectivity index (χ0n) is 21.4. The van der Waals surface area contributed by atoms with Gasteiger partial charge in [0.2, 0.25) is 10.0 Å². The van der Waals surface area contributed by atoms with E-state index in [0.29, 0.717) is 17.7 Å². The minimum atomic E-state index is -3.93. The number of nitrogens with one attached hydrogen (secondary N) is 1. The number of rotatable bonds is 11. The lowest BCUT2D eigenvalue weighted by atomic mass is 10.0. The highest BCUT2D eigenvalue weighted by atomic mass is 32.2. The van der Waals surface area contributed by atoms with E-state index in [1.807, 2.05) is 62.4 Å². The Labute approximate surface area is 223 Å². The summed E-state index contributed by atoms with van der Waals surface area (Å²) in [5, 5.41) is 15.0. The Morgan fingerprint density at radius 3 is 2.29 bits per heavy atom. The van der Waals surface area contributed by atoms with Crippen molar-refractivity contribution >= 4 is 32.6 Å². The molecule has 0 radical (unpaired) electrons. The molecule has 9 heteroatoms. The minimum absolute atomic E-state index is 0.00321. The van der Waals surface area contributed by atoms with Gasteiger partial charge in [-0.15, -0.1) is 0 Å². The maximum atomic E-state index is 13.5. The van der Waals surface area contributed by atoms with E-state index >= 15 is 0 Å². The number of fused-ring (bicyclic) bond motifs is 1. The highest BCUT2D eigenvalue weighted by Gasteiger charge is 2.32. The monoisotopic (exact) mass is 535 g/mol. The van der Waals surface area contributed by atoms with Crippen molar-refractivity contribution in [2.45, 2.75) is 37.3 Å². The van der Waals surface area contributed by atoms with Gasteiger partial charge in [0.1, 0.15) is 5.58 Å². The minimum Gasteiger partial charge on any atom is -0.451 e. The van der Waals surface area contributed by atoms with Crippen LogP contribution in [-0.4, -0.2) is 49.0 Å². The molecule has 1 amide bonds. The number of nitrogens with zero attached hydrogens (tertiary/aromatic N) is 1. The standard InChI is InChI=1S/C29H33N3O5S/c1-20(2)18-32(38(35,36)24-14-12-23(30)13-15-24)19-26(33)25(16-21-8-4-3-5-9-21)31-29(34)28-17-22-10-6-7-11-27(22)37-28/h3-15,17,20,25-26,33H,16,18-19,30H2,1-2H3,(H,31,34)/t25-,26+/m0/s1. The van der Waals surface area contributed by atoms with Crippen LogP contribution >= 0.6 is 0 Å². The molecule has 0 aliphatic heterocycles. The summed E-state index contributed by atoms with van der Waals surface area (Å²) in [6, 6.07) is 23.5. The van der Waals surface area contributed by atoms with Crippen molar-refractivity contribution < 1.29 is 22.7 Å². The van der Waals surface area contributed by atoms with Crippen LogP contribution in [0.1, 0.15) is 30.0 Å². The molecule has 0 saturated heterocycles. The lowest BCUT2D eigenvalue weighted by Crippen LogP contribution is -2.51. The number of carbonyl (C=O) groups is 1. The third-order valence-corrected chi connectivity index (χ3v) is 8.05. The van der Waals surface area contributed by atoms with Crippen LogP contribution in [0.4, 0.5) is 5.69 Å². The molecular weight excluding hydrogens is 502 g/mol. The van der Waals surface area contributed by atoms with Gasteiger partial charge in [-0.05, 0) is 54.3 Å². The van der Waals surface area contributed by atoms with Crippen molar-refractivity contribution in [1.29, 1.82) is 0 Å². The summed E-state index contributed by atoms with van der Waals surface area (Å²) in [5.41, 5.74) is 7.66. The van der Waals surface area contributed by atoms with Crippen molar-refractivity contribution in [3.05, 3.63) is 96.3 Å². The summed E-state index contributed by atoms with van der Waals surface area (Å²) < 4.78 is 34.0. The SMILES string of the molecule is CC(C)CN(C[C@@H](O)[C@H](Cc1ccccc1)NC(=O)c1cc2ccccc2o1)S(=O)(=O)c1ccc(N)cc1. The molecule has 0 fully saturated rings. The zero-order valence-corrected chi connectivity index (χ0v) is 22.3. The molecule has 8 nitrogen and oxygen atoms in total. The summed E-state index contributed by atoms with van der Waals surface area (Å²) in [6.07, 6.45) is -0.906. The molecule has 1 heterocycles. The predicted octanol–water partition coefficient (Wildman–Crippen LogP) is 4.06. The number of amides is 1. The molecule has 200 valence electrons. The molecule has 0 spiro atoms. The average molecular weight is 536 g/mol. The van der Waals surface area contributed by atoms with E-state index in [0.717, 1.165) is 10.9 Å². The molecule has 0 aliphatic rings. The highest BCUT2D eigenvalue weighted by Crippen LogP contribution is 2.22. The molecule has 0 bridgehead atoms. The van der Waals surface area contributed by atoms with Gasteiger partial charge in [-0.25, -0.2) is 8.42 Å². The first-order valence-electron chi connectivity index (χ1n) is 12.5. The quantitative estimate of drug-likeness (QED) is 0.249. The third-order valence-electron chi connectivity index (χ3n) is 6.21. The van der Waals surface area contributed by atoms with Gasteiger partial charge in [0.05, 0.1) is 17.0 Å². The van der Waals surface area contributed by atoms with E-state index in [1.165, 1.54) is 28.6 Å².